The van der Waals surface area contributed by atoms with Gasteiger partial charge in [0.25, 0.3) is 0 Å². The van der Waals surface area contributed by atoms with E-state index in [9.17, 15) is 9.18 Å². The summed E-state index contributed by atoms with van der Waals surface area (Å²) in [6.45, 7) is 0. The first-order valence-corrected chi connectivity index (χ1v) is 5.93. The molecule has 2 nitrogen and oxygen atoms in total. The van der Waals surface area contributed by atoms with E-state index in [4.69, 9.17) is 23.2 Å². The third kappa shape index (κ3) is 1.59. The second-order valence-electron chi connectivity index (χ2n) is 3.93. The highest BCUT2D eigenvalue weighted by molar-refractivity contribution is 6.45. The topological polar surface area (TPSA) is 32.9 Å². The summed E-state index contributed by atoms with van der Waals surface area (Å²) in [5, 5.41) is 1.46. The van der Waals surface area contributed by atoms with Gasteiger partial charge in [0.1, 0.15) is 5.82 Å². The van der Waals surface area contributed by atoms with E-state index in [0.29, 0.717) is 26.8 Å². The molecule has 0 atom stereocenters. The molecule has 1 N–H and O–H groups in total. The van der Waals surface area contributed by atoms with Crippen LogP contribution in [0, 0.1) is 5.82 Å². The monoisotopic (exact) mass is 281 g/mol. The molecule has 0 spiro atoms. The van der Waals surface area contributed by atoms with Crippen LogP contribution in [0.3, 0.4) is 0 Å². The maximum Gasteiger partial charge on any atom is 0.197 e. The van der Waals surface area contributed by atoms with Crippen molar-refractivity contribution in [3.05, 3.63) is 56.4 Å². The van der Waals surface area contributed by atoms with Crippen LogP contribution in [0.2, 0.25) is 10.0 Å². The molecule has 0 aliphatic heterocycles. The van der Waals surface area contributed by atoms with E-state index >= 15 is 0 Å². The Morgan fingerprint density at radius 3 is 2.56 bits per heavy atom. The van der Waals surface area contributed by atoms with Crippen LogP contribution in [-0.4, -0.2) is 4.98 Å². The van der Waals surface area contributed by atoms with Gasteiger partial charge in [0.05, 0.1) is 21.1 Å². The predicted molar refractivity (Wildman–Crippen MR) is 72.1 cm³/mol. The number of aromatic amines is 1. The largest absolute Gasteiger partial charge is 0.353 e. The molecule has 5 heteroatoms. The number of H-pyrrole nitrogens is 1. The minimum absolute atomic E-state index is 0.197. The normalized spacial score (nSPS) is 11.3. The molecule has 3 rings (SSSR count). The van der Waals surface area contributed by atoms with Gasteiger partial charge in [0.15, 0.2) is 5.43 Å². The van der Waals surface area contributed by atoms with Gasteiger partial charge in [-0.2, -0.15) is 0 Å². The Hall–Kier alpha value is -1.58. The number of hydrogen-bond donors (Lipinski definition) is 1. The lowest BCUT2D eigenvalue weighted by molar-refractivity contribution is 0.629. The van der Waals surface area contributed by atoms with Crippen molar-refractivity contribution in [1.29, 1.82) is 0 Å². The molecule has 18 heavy (non-hydrogen) atoms. The molecular formula is C13H6Cl2FNO. The van der Waals surface area contributed by atoms with Gasteiger partial charge in [0, 0.05) is 10.8 Å². The molecule has 1 heterocycles. The first-order valence-electron chi connectivity index (χ1n) is 5.17. The summed E-state index contributed by atoms with van der Waals surface area (Å²) in [5.74, 6) is -0.421. The van der Waals surface area contributed by atoms with Crippen LogP contribution in [0.1, 0.15) is 0 Å². The van der Waals surface area contributed by atoms with Gasteiger partial charge in [-0.25, -0.2) is 4.39 Å². The molecule has 0 amide bonds. The lowest BCUT2D eigenvalue weighted by Crippen LogP contribution is -2.04. The molecule has 0 aliphatic rings. The zero-order chi connectivity index (χ0) is 12.9. The molecular weight excluding hydrogens is 276 g/mol. The summed E-state index contributed by atoms with van der Waals surface area (Å²) >= 11 is 11.9. The highest BCUT2D eigenvalue weighted by atomic mass is 35.5. The van der Waals surface area contributed by atoms with Crippen LogP contribution in [0.5, 0.6) is 0 Å². The van der Waals surface area contributed by atoms with Gasteiger partial charge >= 0.3 is 0 Å². The first-order chi connectivity index (χ1) is 8.58. The first kappa shape index (κ1) is 11.5. The molecule has 0 unspecified atom stereocenters. The molecule has 1 aromatic heterocycles. The van der Waals surface area contributed by atoms with Crippen molar-refractivity contribution in [3.63, 3.8) is 0 Å². The molecule has 0 fully saturated rings. The average Bonchev–Trinajstić information content (AvgIpc) is 2.34. The van der Waals surface area contributed by atoms with E-state index in [1.807, 2.05) is 0 Å². The van der Waals surface area contributed by atoms with E-state index in [-0.39, 0.29) is 10.5 Å². The lowest BCUT2D eigenvalue weighted by Gasteiger charge is -2.05. The van der Waals surface area contributed by atoms with Crippen LogP contribution in [0.15, 0.2) is 35.1 Å². The average molecular weight is 282 g/mol. The fraction of sp³-hybridized carbons (Fsp3) is 0. The summed E-state index contributed by atoms with van der Waals surface area (Å²) in [5.41, 5.74) is 0.626. The van der Waals surface area contributed by atoms with E-state index < -0.39 is 5.82 Å². The molecule has 0 aliphatic carbocycles. The fourth-order valence-corrected chi connectivity index (χ4v) is 2.33. The van der Waals surface area contributed by atoms with Gasteiger partial charge in [-0.05, 0) is 30.3 Å². The fourth-order valence-electron chi connectivity index (χ4n) is 1.96. The number of benzene rings is 2. The molecule has 0 saturated carbocycles. The number of rotatable bonds is 0. The van der Waals surface area contributed by atoms with Crippen molar-refractivity contribution < 1.29 is 4.39 Å². The van der Waals surface area contributed by atoms with Gasteiger partial charge in [-0.3, -0.25) is 4.79 Å². The Morgan fingerprint density at radius 1 is 1.06 bits per heavy atom. The maximum absolute atomic E-state index is 13.2. The zero-order valence-electron chi connectivity index (χ0n) is 8.93. The highest BCUT2D eigenvalue weighted by Gasteiger charge is 2.10. The summed E-state index contributed by atoms with van der Waals surface area (Å²) < 4.78 is 13.2. The smallest absolute Gasteiger partial charge is 0.197 e. The van der Waals surface area contributed by atoms with Crippen LogP contribution >= 0.6 is 23.2 Å². The quantitative estimate of drug-likeness (QED) is 0.618. The van der Waals surface area contributed by atoms with Crippen molar-refractivity contribution in [1.82, 2.24) is 4.98 Å². The Bertz CT molecular complexity index is 842. The van der Waals surface area contributed by atoms with Crippen LogP contribution in [0.25, 0.3) is 21.8 Å². The van der Waals surface area contributed by atoms with Crippen molar-refractivity contribution in [2.45, 2.75) is 0 Å². The van der Waals surface area contributed by atoms with Gasteiger partial charge in [-0.15, -0.1) is 0 Å². The predicted octanol–water partition coefficient (Wildman–Crippen LogP) is 4.13. The van der Waals surface area contributed by atoms with Crippen molar-refractivity contribution in [2.75, 3.05) is 0 Å². The Labute approximate surface area is 111 Å². The van der Waals surface area contributed by atoms with E-state index in [1.54, 1.807) is 12.1 Å². The molecule has 0 radical (unpaired) electrons. The Balaban J connectivity index is 2.61. The standard InChI is InChI=1S/C13H6Cl2FNO/c14-9-4-3-8-12(11(9)15)17-10-5-6(16)1-2-7(10)13(8)18/h1-5H,(H,17,18). The number of nitrogens with one attached hydrogen (secondary N) is 1. The third-order valence-corrected chi connectivity index (χ3v) is 3.63. The molecule has 2 aromatic carbocycles. The highest BCUT2D eigenvalue weighted by Crippen LogP contribution is 2.29. The van der Waals surface area contributed by atoms with Gasteiger partial charge in [-0.1, -0.05) is 23.2 Å². The molecule has 3 aromatic rings. The number of halogens is 3. The number of pyridine rings is 1. The second-order valence-corrected chi connectivity index (χ2v) is 4.71. The van der Waals surface area contributed by atoms with Crippen LogP contribution in [0.4, 0.5) is 4.39 Å². The summed E-state index contributed by atoms with van der Waals surface area (Å²) in [6.07, 6.45) is 0. The third-order valence-electron chi connectivity index (χ3n) is 2.83. The van der Waals surface area contributed by atoms with Crippen molar-refractivity contribution >= 4 is 45.0 Å². The van der Waals surface area contributed by atoms with Crippen molar-refractivity contribution in [3.8, 4) is 0 Å². The molecule has 0 saturated heterocycles. The Morgan fingerprint density at radius 2 is 1.78 bits per heavy atom. The van der Waals surface area contributed by atoms with Gasteiger partial charge in [0.2, 0.25) is 0 Å². The van der Waals surface area contributed by atoms with E-state index in [0.717, 1.165) is 0 Å². The second kappa shape index (κ2) is 3.97. The summed E-state index contributed by atoms with van der Waals surface area (Å²) in [4.78, 5) is 15.2. The SMILES string of the molecule is O=c1c2ccc(F)cc2[nH]c2c(Cl)c(Cl)ccc12. The minimum atomic E-state index is -0.421. The minimum Gasteiger partial charge on any atom is -0.353 e. The number of hydrogen-bond acceptors (Lipinski definition) is 1. The van der Waals surface area contributed by atoms with Crippen molar-refractivity contribution in [2.24, 2.45) is 0 Å². The Kier molecular flexibility index (Phi) is 2.54. The van der Waals surface area contributed by atoms with Gasteiger partial charge < -0.3 is 4.98 Å². The summed E-state index contributed by atoms with van der Waals surface area (Å²) in [6, 6.07) is 7.13. The van der Waals surface area contributed by atoms with Crippen LogP contribution in [-0.2, 0) is 0 Å². The molecule has 0 bridgehead atoms. The lowest BCUT2D eigenvalue weighted by atomic mass is 10.1. The number of fused-ring (bicyclic) bond motifs is 2. The zero-order valence-corrected chi connectivity index (χ0v) is 10.4. The van der Waals surface area contributed by atoms with Crippen LogP contribution < -0.4 is 5.43 Å². The number of aromatic nitrogens is 1. The van der Waals surface area contributed by atoms with E-state index in [2.05, 4.69) is 4.98 Å². The van der Waals surface area contributed by atoms with E-state index in [1.165, 1.54) is 18.2 Å². The summed E-state index contributed by atoms with van der Waals surface area (Å²) in [7, 11) is 0. The molecule has 90 valence electrons. The maximum atomic E-state index is 13.2.